The molecule has 0 aromatic rings. The van der Waals surface area contributed by atoms with Crippen LogP contribution in [0.15, 0.2) is 0 Å². The van der Waals surface area contributed by atoms with E-state index in [0.717, 1.165) is 6.42 Å². The van der Waals surface area contributed by atoms with Crippen LogP contribution in [0.25, 0.3) is 0 Å². The van der Waals surface area contributed by atoms with Gasteiger partial charge in [-0.05, 0) is 32.1 Å². The summed E-state index contributed by atoms with van der Waals surface area (Å²) in [5, 5.41) is 2.83. The zero-order chi connectivity index (χ0) is 12.6. The van der Waals surface area contributed by atoms with Gasteiger partial charge in [0.15, 0.2) is 0 Å². The summed E-state index contributed by atoms with van der Waals surface area (Å²) in [7, 11) is 0. The Kier molecular flexibility index (Phi) is 3.15. The molecule has 1 N–H and O–H groups in total. The number of rotatable bonds is 2. The fourth-order valence-corrected chi connectivity index (χ4v) is 3.04. The van der Waals surface area contributed by atoms with Crippen molar-refractivity contribution >= 4 is 11.8 Å². The average molecular weight is 238 g/mol. The lowest BCUT2D eigenvalue weighted by molar-refractivity contribution is -0.152. The van der Waals surface area contributed by atoms with Crippen LogP contribution in [-0.4, -0.2) is 34.8 Å². The SMILES string of the molecule is CCC1(C)NC(=O)CN(C2CCCC2C)C1=O. The molecule has 17 heavy (non-hydrogen) atoms. The molecule has 1 heterocycles. The molecule has 0 aromatic carbocycles. The van der Waals surface area contributed by atoms with E-state index in [1.54, 1.807) is 0 Å². The maximum absolute atomic E-state index is 12.5. The molecule has 4 nitrogen and oxygen atoms in total. The van der Waals surface area contributed by atoms with E-state index < -0.39 is 5.54 Å². The van der Waals surface area contributed by atoms with Gasteiger partial charge in [-0.1, -0.05) is 20.3 Å². The second-order valence-corrected chi connectivity index (χ2v) is 5.64. The van der Waals surface area contributed by atoms with E-state index in [2.05, 4.69) is 12.2 Å². The molecule has 96 valence electrons. The van der Waals surface area contributed by atoms with Crippen LogP contribution in [0, 0.1) is 5.92 Å². The average Bonchev–Trinajstić information content (AvgIpc) is 2.70. The lowest BCUT2D eigenvalue weighted by Gasteiger charge is -2.43. The first-order valence-corrected chi connectivity index (χ1v) is 6.60. The van der Waals surface area contributed by atoms with Crippen molar-refractivity contribution in [2.24, 2.45) is 5.92 Å². The molecule has 0 bridgehead atoms. The van der Waals surface area contributed by atoms with Crippen molar-refractivity contribution in [1.29, 1.82) is 0 Å². The van der Waals surface area contributed by atoms with Gasteiger partial charge < -0.3 is 10.2 Å². The molecule has 2 aliphatic rings. The third-order valence-corrected chi connectivity index (χ3v) is 4.39. The Morgan fingerprint density at radius 3 is 2.65 bits per heavy atom. The van der Waals surface area contributed by atoms with Crippen LogP contribution in [0.3, 0.4) is 0 Å². The van der Waals surface area contributed by atoms with Gasteiger partial charge in [0.25, 0.3) is 0 Å². The Labute approximate surface area is 103 Å². The fourth-order valence-electron chi connectivity index (χ4n) is 3.04. The van der Waals surface area contributed by atoms with Crippen LogP contribution in [0.1, 0.15) is 46.5 Å². The van der Waals surface area contributed by atoms with Crippen molar-refractivity contribution in [2.45, 2.75) is 58.0 Å². The van der Waals surface area contributed by atoms with Gasteiger partial charge in [-0.3, -0.25) is 9.59 Å². The standard InChI is InChI=1S/C13H22N2O2/c1-4-13(3)12(17)15(8-11(16)14-13)10-7-5-6-9(10)2/h9-10H,4-8H2,1-3H3,(H,14,16). The molecule has 3 unspecified atom stereocenters. The summed E-state index contributed by atoms with van der Waals surface area (Å²) in [4.78, 5) is 26.0. The van der Waals surface area contributed by atoms with Gasteiger partial charge in [0.1, 0.15) is 5.54 Å². The van der Waals surface area contributed by atoms with Crippen LogP contribution in [0.4, 0.5) is 0 Å². The number of amides is 2. The molecule has 0 aromatic heterocycles. The topological polar surface area (TPSA) is 49.4 Å². The Morgan fingerprint density at radius 2 is 2.12 bits per heavy atom. The molecule has 2 fully saturated rings. The van der Waals surface area contributed by atoms with Gasteiger partial charge in [-0.2, -0.15) is 0 Å². The maximum atomic E-state index is 12.5. The van der Waals surface area contributed by atoms with E-state index in [1.807, 2.05) is 18.7 Å². The Hall–Kier alpha value is -1.06. The quantitative estimate of drug-likeness (QED) is 0.788. The second-order valence-electron chi connectivity index (χ2n) is 5.64. The highest BCUT2D eigenvalue weighted by atomic mass is 16.2. The third kappa shape index (κ3) is 2.05. The predicted octanol–water partition coefficient (Wildman–Crippen LogP) is 1.30. The summed E-state index contributed by atoms with van der Waals surface area (Å²) in [6.45, 7) is 6.20. The van der Waals surface area contributed by atoms with Gasteiger partial charge in [-0.25, -0.2) is 0 Å². The zero-order valence-electron chi connectivity index (χ0n) is 11.0. The molecular formula is C13H22N2O2. The van der Waals surface area contributed by atoms with E-state index in [9.17, 15) is 9.59 Å². The third-order valence-electron chi connectivity index (χ3n) is 4.39. The minimum atomic E-state index is -0.697. The van der Waals surface area contributed by atoms with Crippen LogP contribution in [0.2, 0.25) is 0 Å². The smallest absolute Gasteiger partial charge is 0.248 e. The molecule has 0 radical (unpaired) electrons. The van der Waals surface area contributed by atoms with Gasteiger partial charge in [0, 0.05) is 6.04 Å². The first kappa shape index (κ1) is 12.4. The number of nitrogens with one attached hydrogen (secondary N) is 1. The lowest BCUT2D eigenvalue weighted by atomic mass is 9.92. The molecule has 2 rings (SSSR count). The molecule has 1 aliphatic heterocycles. The highest BCUT2D eigenvalue weighted by Gasteiger charge is 2.45. The maximum Gasteiger partial charge on any atom is 0.248 e. The van der Waals surface area contributed by atoms with Crippen molar-refractivity contribution in [3.05, 3.63) is 0 Å². The summed E-state index contributed by atoms with van der Waals surface area (Å²) in [5.41, 5.74) is -0.697. The number of piperazine rings is 1. The minimum absolute atomic E-state index is 0.0203. The van der Waals surface area contributed by atoms with Crippen LogP contribution < -0.4 is 5.32 Å². The van der Waals surface area contributed by atoms with Gasteiger partial charge >= 0.3 is 0 Å². The van der Waals surface area contributed by atoms with Crippen LogP contribution in [-0.2, 0) is 9.59 Å². The van der Waals surface area contributed by atoms with E-state index in [4.69, 9.17) is 0 Å². The van der Waals surface area contributed by atoms with E-state index >= 15 is 0 Å². The minimum Gasteiger partial charge on any atom is -0.340 e. The molecule has 0 spiro atoms. The highest BCUT2D eigenvalue weighted by Crippen LogP contribution is 2.32. The van der Waals surface area contributed by atoms with Gasteiger partial charge in [0.05, 0.1) is 6.54 Å². The number of carbonyl (C=O) groups excluding carboxylic acids is 2. The molecule has 3 atom stereocenters. The normalized spacial score (nSPS) is 38.4. The molecule has 1 aliphatic carbocycles. The number of nitrogens with zero attached hydrogens (tertiary/aromatic N) is 1. The zero-order valence-corrected chi connectivity index (χ0v) is 11.0. The molecule has 2 amide bonds. The van der Waals surface area contributed by atoms with Gasteiger partial charge in [0.2, 0.25) is 11.8 Å². The van der Waals surface area contributed by atoms with Crippen molar-refractivity contribution in [3.8, 4) is 0 Å². The van der Waals surface area contributed by atoms with Gasteiger partial charge in [-0.15, -0.1) is 0 Å². The number of hydrogen-bond donors (Lipinski definition) is 1. The first-order chi connectivity index (χ1) is 7.98. The first-order valence-electron chi connectivity index (χ1n) is 6.60. The highest BCUT2D eigenvalue weighted by molar-refractivity contribution is 5.97. The molecule has 1 saturated heterocycles. The number of carbonyl (C=O) groups is 2. The summed E-state index contributed by atoms with van der Waals surface area (Å²) in [5.74, 6) is 0.595. The monoisotopic (exact) mass is 238 g/mol. The van der Waals surface area contributed by atoms with E-state index in [1.165, 1.54) is 12.8 Å². The van der Waals surface area contributed by atoms with Crippen molar-refractivity contribution in [3.63, 3.8) is 0 Å². The summed E-state index contributed by atoms with van der Waals surface area (Å²) in [6.07, 6.45) is 4.02. The second kappa shape index (κ2) is 4.31. The van der Waals surface area contributed by atoms with Crippen LogP contribution in [0.5, 0.6) is 0 Å². The van der Waals surface area contributed by atoms with E-state index in [-0.39, 0.29) is 24.4 Å². The summed E-state index contributed by atoms with van der Waals surface area (Å²) >= 11 is 0. The number of hydrogen-bond acceptors (Lipinski definition) is 2. The fraction of sp³-hybridized carbons (Fsp3) is 0.846. The van der Waals surface area contributed by atoms with Crippen LogP contribution >= 0.6 is 0 Å². The predicted molar refractivity (Wildman–Crippen MR) is 65.4 cm³/mol. The largest absolute Gasteiger partial charge is 0.340 e. The van der Waals surface area contributed by atoms with E-state index in [0.29, 0.717) is 12.3 Å². The lowest BCUT2D eigenvalue weighted by Crippen LogP contribution is -2.67. The molecule has 4 heteroatoms. The summed E-state index contributed by atoms with van der Waals surface area (Å²) in [6, 6.07) is 0.263. The Morgan fingerprint density at radius 1 is 1.41 bits per heavy atom. The van der Waals surface area contributed by atoms with Crippen molar-refractivity contribution in [2.75, 3.05) is 6.54 Å². The Balaban J connectivity index is 2.21. The molecule has 1 saturated carbocycles. The van der Waals surface area contributed by atoms with Crippen molar-refractivity contribution in [1.82, 2.24) is 10.2 Å². The molecular weight excluding hydrogens is 216 g/mol. The summed E-state index contributed by atoms with van der Waals surface area (Å²) < 4.78 is 0. The van der Waals surface area contributed by atoms with Crippen molar-refractivity contribution < 1.29 is 9.59 Å². The Bertz CT molecular complexity index is 342.